The van der Waals surface area contributed by atoms with Crippen LogP contribution in [0.4, 0.5) is 11.6 Å². The SMILES string of the molecule is COc1ncc(Cl)c(N2CCCC2c2ccc(N(C)C)nn2)n1. The zero-order chi connectivity index (χ0) is 16.4. The van der Waals surface area contributed by atoms with Gasteiger partial charge in [-0.3, -0.25) is 0 Å². The fourth-order valence-electron chi connectivity index (χ4n) is 2.72. The van der Waals surface area contributed by atoms with Gasteiger partial charge in [-0.1, -0.05) is 11.6 Å². The van der Waals surface area contributed by atoms with Gasteiger partial charge >= 0.3 is 6.01 Å². The minimum absolute atomic E-state index is 0.107. The molecular weight excluding hydrogens is 316 g/mol. The van der Waals surface area contributed by atoms with Crippen LogP contribution in [-0.4, -0.2) is 47.9 Å². The Balaban J connectivity index is 1.91. The summed E-state index contributed by atoms with van der Waals surface area (Å²) in [6, 6.07) is 4.40. The Kier molecular flexibility index (Phi) is 4.47. The second-order valence-corrected chi connectivity index (χ2v) is 6.00. The molecule has 1 unspecified atom stereocenters. The zero-order valence-electron chi connectivity index (χ0n) is 13.4. The molecule has 1 aliphatic rings. The maximum atomic E-state index is 6.29. The molecule has 1 saturated heterocycles. The third kappa shape index (κ3) is 3.14. The molecule has 0 spiro atoms. The van der Waals surface area contributed by atoms with Crippen LogP contribution < -0.4 is 14.5 Å². The van der Waals surface area contributed by atoms with Crippen molar-refractivity contribution >= 4 is 23.2 Å². The largest absolute Gasteiger partial charge is 0.467 e. The molecule has 2 aromatic heterocycles. The first-order valence-corrected chi connectivity index (χ1v) is 7.82. The molecule has 0 aliphatic carbocycles. The Labute approximate surface area is 140 Å². The lowest BCUT2D eigenvalue weighted by molar-refractivity contribution is 0.379. The highest BCUT2D eigenvalue weighted by atomic mass is 35.5. The number of methoxy groups -OCH3 is 1. The van der Waals surface area contributed by atoms with Crippen LogP contribution in [0.1, 0.15) is 24.6 Å². The number of hydrogen-bond donors (Lipinski definition) is 0. The summed E-state index contributed by atoms with van der Waals surface area (Å²) < 4.78 is 5.11. The van der Waals surface area contributed by atoms with Crippen molar-refractivity contribution in [2.75, 3.05) is 37.5 Å². The van der Waals surface area contributed by atoms with Crippen LogP contribution >= 0.6 is 11.6 Å². The van der Waals surface area contributed by atoms with Crippen LogP contribution in [0, 0.1) is 0 Å². The molecule has 23 heavy (non-hydrogen) atoms. The number of ether oxygens (including phenoxy) is 1. The van der Waals surface area contributed by atoms with Crippen molar-refractivity contribution in [1.29, 1.82) is 0 Å². The van der Waals surface area contributed by atoms with E-state index in [9.17, 15) is 0 Å². The molecule has 0 saturated carbocycles. The molecular formula is C15H19ClN6O. The lowest BCUT2D eigenvalue weighted by Crippen LogP contribution is -2.25. The van der Waals surface area contributed by atoms with Crippen molar-refractivity contribution in [3.05, 3.63) is 29.0 Å². The van der Waals surface area contributed by atoms with E-state index < -0.39 is 0 Å². The maximum Gasteiger partial charge on any atom is 0.318 e. The third-order valence-electron chi connectivity index (χ3n) is 3.88. The number of anilines is 2. The molecule has 0 radical (unpaired) electrons. The highest BCUT2D eigenvalue weighted by Crippen LogP contribution is 2.37. The second kappa shape index (κ2) is 6.54. The summed E-state index contributed by atoms with van der Waals surface area (Å²) in [7, 11) is 5.43. The van der Waals surface area contributed by atoms with Crippen molar-refractivity contribution in [1.82, 2.24) is 20.2 Å². The molecule has 2 aromatic rings. The third-order valence-corrected chi connectivity index (χ3v) is 4.15. The number of hydrogen-bond acceptors (Lipinski definition) is 7. The smallest absolute Gasteiger partial charge is 0.318 e. The number of halogens is 1. The van der Waals surface area contributed by atoms with Crippen molar-refractivity contribution in [3.8, 4) is 6.01 Å². The van der Waals surface area contributed by atoms with Gasteiger partial charge in [0.2, 0.25) is 0 Å². The molecule has 3 heterocycles. The number of rotatable bonds is 4. The molecule has 0 N–H and O–H groups in total. The minimum atomic E-state index is 0.107. The van der Waals surface area contributed by atoms with E-state index in [0.29, 0.717) is 16.9 Å². The predicted octanol–water partition coefficient (Wildman–Crippen LogP) is 2.34. The van der Waals surface area contributed by atoms with Crippen molar-refractivity contribution in [2.24, 2.45) is 0 Å². The molecule has 1 fully saturated rings. The molecule has 0 aromatic carbocycles. The van der Waals surface area contributed by atoms with Crippen molar-refractivity contribution < 1.29 is 4.74 Å². The van der Waals surface area contributed by atoms with Gasteiger partial charge in [0, 0.05) is 20.6 Å². The van der Waals surface area contributed by atoms with Gasteiger partial charge in [0.25, 0.3) is 0 Å². The van der Waals surface area contributed by atoms with Crippen LogP contribution in [0.2, 0.25) is 5.02 Å². The van der Waals surface area contributed by atoms with Gasteiger partial charge in [0.15, 0.2) is 11.6 Å². The van der Waals surface area contributed by atoms with E-state index in [1.165, 1.54) is 0 Å². The summed E-state index contributed by atoms with van der Waals surface area (Å²) in [5.41, 5.74) is 0.918. The maximum absolute atomic E-state index is 6.29. The van der Waals surface area contributed by atoms with E-state index in [2.05, 4.69) is 25.1 Å². The summed E-state index contributed by atoms with van der Waals surface area (Å²) >= 11 is 6.29. The zero-order valence-corrected chi connectivity index (χ0v) is 14.2. The topological polar surface area (TPSA) is 67.3 Å². The number of aromatic nitrogens is 4. The molecule has 0 bridgehead atoms. The molecule has 7 nitrogen and oxygen atoms in total. The van der Waals surface area contributed by atoms with Gasteiger partial charge in [-0.15, -0.1) is 5.10 Å². The second-order valence-electron chi connectivity index (χ2n) is 5.59. The lowest BCUT2D eigenvalue weighted by atomic mass is 10.1. The van der Waals surface area contributed by atoms with Gasteiger partial charge < -0.3 is 14.5 Å². The van der Waals surface area contributed by atoms with Crippen LogP contribution in [0.25, 0.3) is 0 Å². The first kappa shape index (κ1) is 15.7. The van der Waals surface area contributed by atoms with Gasteiger partial charge in [-0.05, 0) is 25.0 Å². The summed E-state index contributed by atoms with van der Waals surface area (Å²) in [5.74, 6) is 1.51. The normalized spacial score (nSPS) is 17.4. The van der Waals surface area contributed by atoms with Gasteiger partial charge in [-0.25, -0.2) is 4.98 Å². The Morgan fingerprint density at radius 3 is 2.78 bits per heavy atom. The number of nitrogens with zero attached hydrogens (tertiary/aromatic N) is 6. The summed E-state index contributed by atoms with van der Waals surface area (Å²) in [4.78, 5) is 12.5. The summed E-state index contributed by atoms with van der Waals surface area (Å²) in [5, 5.41) is 9.15. The molecule has 122 valence electrons. The summed E-state index contributed by atoms with van der Waals surface area (Å²) in [6.45, 7) is 0.863. The van der Waals surface area contributed by atoms with Crippen LogP contribution in [-0.2, 0) is 0 Å². The van der Waals surface area contributed by atoms with Gasteiger partial charge in [-0.2, -0.15) is 10.1 Å². The van der Waals surface area contributed by atoms with Crippen molar-refractivity contribution in [2.45, 2.75) is 18.9 Å². The highest BCUT2D eigenvalue weighted by Gasteiger charge is 2.30. The van der Waals surface area contributed by atoms with E-state index >= 15 is 0 Å². The highest BCUT2D eigenvalue weighted by molar-refractivity contribution is 6.32. The van der Waals surface area contributed by atoms with E-state index in [4.69, 9.17) is 16.3 Å². The van der Waals surface area contributed by atoms with Gasteiger partial charge in [0.05, 0.1) is 25.0 Å². The molecule has 8 heteroatoms. The first-order valence-electron chi connectivity index (χ1n) is 7.44. The molecule has 3 rings (SSSR count). The van der Waals surface area contributed by atoms with Gasteiger partial charge in [0.1, 0.15) is 5.02 Å². The van der Waals surface area contributed by atoms with Crippen molar-refractivity contribution in [3.63, 3.8) is 0 Å². The van der Waals surface area contributed by atoms with E-state index in [-0.39, 0.29) is 6.04 Å². The molecule has 0 amide bonds. The Hall–Kier alpha value is -2.15. The fraction of sp³-hybridized carbons (Fsp3) is 0.467. The quantitative estimate of drug-likeness (QED) is 0.850. The summed E-state index contributed by atoms with van der Waals surface area (Å²) in [6.07, 6.45) is 3.60. The molecule has 1 atom stereocenters. The first-order chi connectivity index (χ1) is 11.1. The van der Waals surface area contributed by atoms with E-state index in [1.807, 2.05) is 31.1 Å². The monoisotopic (exact) mass is 334 g/mol. The molecule has 1 aliphatic heterocycles. The van der Waals surface area contributed by atoms with E-state index in [0.717, 1.165) is 30.9 Å². The Morgan fingerprint density at radius 1 is 1.30 bits per heavy atom. The Bertz CT molecular complexity index is 678. The van der Waals surface area contributed by atoms with Crippen LogP contribution in [0.5, 0.6) is 6.01 Å². The average Bonchev–Trinajstić information content (AvgIpc) is 3.04. The standard InChI is InChI=1S/C15H19ClN6O/c1-21(2)13-7-6-11(19-20-13)12-5-4-8-22(12)14-10(16)9-17-15(18-14)23-3/h6-7,9,12H,4-5,8H2,1-3H3. The minimum Gasteiger partial charge on any atom is -0.467 e. The van der Waals surface area contributed by atoms with Crippen LogP contribution in [0.15, 0.2) is 18.3 Å². The van der Waals surface area contributed by atoms with Crippen LogP contribution in [0.3, 0.4) is 0 Å². The predicted molar refractivity (Wildman–Crippen MR) is 89.3 cm³/mol. The fourth-order valence-corrected chi connectivity index (χ4v) is 2.92. The Morgan fingerprint density at radius 2 is 2.13 bits per heavy atom. The average molecular weight is 335 g/mol. The van der Waals surface area contributed by atoms with E-state index in [1.54, 1.807) is 13.3 Å². The lowest BCUT2D eigenvalue weighted by Gasteiger charge is -2.26.